The van der Waals surface area contributed by atoms with Crippen molar-refractivity contribution in [2.45, 2.75) is 26.2 Å². The van der Waals surface area contributed by atoms with Gasteiger partial charge >= 0.3 is 0 Å². The molecule has 0 bridgehead atoms. The Kier molecular flexibility index (Phi) is 7.45. The van der Waals surface area contributed by atoms with Crippen LogP contribution in [0.5, 0.6) is 5.75 Å². The maximum atomic E-state index is 9.07. The van der Waals surface area contributed by atoms with Gasteiger partial charge in [0.2, 0.25) is 0 Å². The molecule has 3 aromatic carbocycles. The Morgan fingerprint density at radius 2 is 1.39 bits per heavy atom. The minimum Gasteiger partial charge on any atom is -0.491 e. The largest absolute Gasteiger partial charge is 0.491 e. The van der Waals surface area contributed by atoms with E-state index in [1.54, 1.807) is 0 Å². The molecule has 0 amide bonds. The summed E-state index contributed by atoms with van der Waals surface area (Å²) in [5, 5.41) is 9.07. The van der Waals surface area contributed by atoms with Crippen LogP contribution in [0.25, 0.3) is 11.1 Å². The maximum absolute atomic E-state index is 9.07. The molecule has 0 aliphatic carbocycles. The van der Waals surface area contributed by atoms with E-state index in [9.17, 15) is 0 Å². The van der Waals surface area contributed by atoms with Crippen LogP contribution in [0.15, 0.2) is 84.9 Å². The molecule has 0 unspecified atom stereocenters. The Bertz CT molecular complexity index is 841. The molecule has 2 heteroatoms. The molecule has 0 heterocycles. The summed E-state index contributed by atoms with van der Waals surface area (Å²) in [5.74, 6) is 0.793. The SMILES string of the molecule is CCCCC(=C(c1ccccc1)c1ccccc1)c1cccc(OCCO)c1. The first-order chi connectivity index (χ1) is 13.8. The summed E-state index contributed by atoms with van der Waals surface area (Å²) in [5.41, 5.74) is 6.22. The van der Waals surface area contributed by atoms with E-state index in [0.29, 0.717) is 6.61 Å². The summed E-state index contributed by atoms with van der Waals surface area (Å²) in [6.45, 7) is 2.55. The number of unbranched alkanes of at least 4 members (excludes halogenated alkanes) is 1. The topological polar surface area (TPSA) is 29.5 Å². The molecule has 144 valence electrons. The molecule has 1 N–H and O–H groups in total. The van der Waals surface area contributed by atoms with E-state index in [0.717, 1.165) is 25.0 Å². The second-order valence-corrected chi connectivity index (χ2v) is 6.79. The molecular formula is C26H28O2. The third kappa shape index (κ3) is 5.11. The van der Waals surface area contributed by atoms with Crippen LogP contribution in [0.3, 0.4) is 0 Å². The standard InChI is InChI=1S/C26H28O2/c1-2-3-17-25(23-15-10-16-24(20-23)28-19-18-27)26(21-11-6-4-7-12-21)22-13-8-5-9-14-22/h4-16,20,27H,2-3,17-19H2,1H3. The van der Waals surface area contributed by atoms with Crippen molar-refractivity contribution >= 4 is 11.1 Å². The minimum absolute atomic E-state index is 0.0159. The number of hydrogen-bond donors (Lipinski definition) is 1. The van der Waals surface area contributed by atoms with Gasteiger partial charge in [-0.2, -0.15) is 0 Å². The lowest BCUT2D eigenvalue weighted by Crippen LogP contribution is -2.02. The van der Waals surface area contributed by atoms with Crippen LogP contribution in [0.4, 0.5) is 0 Å². The molecule has 3 rings (SSSR count). The molecule has 2 nitrogen and oxygen atoms in total. The van der Waals surface area contributed by atoms with E-state index in [1.165, 1.54) is 27.8 Å². The fourth-order valence-electron chi connectivity index (χ4n) is 3.43. The monoisotopic (exact) mass is 372 g/mol. The highest BCUT2D eigenvalue weighted by Crippen LogP contribution is 2.36. The Morgan fingerprint density at radius 3 is 1.96 bits per heavy atom. The molecular weight excluding hydrogens is 344 g/mol. The predicted molar refractivity (Wildman–Crippen MR) is 117 cm³/mol. The average molecular weight is 373 g/mol. The van der Waals surface area contributed by atoms with Gasteiger partial charge in [-0.25, -0.2) is 0 Å². The number of benzene rings is 3. The molecule has 0 saturated heterocycles. The number of aliphatic hydroxyl groups is 1. The van der Waals surface area contributed by atoms with E-state index >= 15 is 0 Å². The maximum Gasteiger partial charge on any atom is 0.120 e. The summed E-state index contributed by atoms with van der Waals surface area (Å²) in [6.07, 6.45) is 3.26. The lowest BCUT2D eigenvalue weighted by molar-refractivity contribution is 0.201. The number of aliphatic hydroxyl groups excluding tert-OH is 1. The fraction of sp³-hybridized carbons (Fsp3) is 0.231. The lowest BCUT2D eigenvalue weighted by atomic mass is 9.87. The quantitative estimate of drug-likeness (QED) is 0.453. The fourth-order valence-corrected chi connectivity index (χ4v) is 3.43. The Hall–Kier alpha value is -2.84. The minimum atomic E-state index is 0.0159. The molecule has 0 radical (unpaired) electrons. The molecule has 0 atom stereocenters. The Morgan fingerprint density at radius 1 is 0.786 bits per heavy atom. The van der Waals surface area contributed by atoms with Gasteiger partial charge in [-0.3, -0.25) is 0 Å². The summed E-state index contributed by atoms with van der Waals surface area (Å²) in [7, 11) is 0. The summed E-state index contributed by atoms with van der Waals surface area (Å²) < 4.78 is 5.67. The van der Waals surface area contributed by atoms with Crippen LogP contribution < -0.4 is 4.74 Å². The van der Waals surface area contributed by atoms with Gasteiger partial charge < -0.3 is 9.84 Å². The number of allylic oxidation sites excluding steroid dienone is 1. The first-order valence-corrected chi connectivity index (χ1v) is 10.0. The highest BCUT2D eigenvalue weighted by Gasteiger charge is 2.14. The molecule has 0 saturated carbocycles. The van der Waals surface area contributed by atoms with E-state index in [1.807, 2.05) is 12.1 Å². The van der Waals surface area contributed by atoms with E-state index < -0.39 is 0 Å². The van der Waals surface area contributed by atoms with Gasteiger partial charge in [0.05, 0.1) is 6.61 Å². The normalized spacial score (nSPS) is 10.5. The van der Waals surface area contributed by atoms with Crippen LogP contribution >= 0.6 is 0 Å². The van der Waals surface area contributed by atoms with Gasteiger partial charge in [-0.1, -0.05) is 86.1 Å². The van der Waals surface area contributed by atoms with Crippen LogP contribution in [0.2, 0.25) is 0 Å². The highest BCUT2D eigenvalue weighted by molar-refractivity contribution is 5.98. The lowest BCUT2D eigenvalue weighted by Gasteiger charge is -2.18. The molecule has 0 aliphatic heterocycles. The van der Waals surface area contributed by atoms with Crippen molar-refractivity contribution in [2.75, 3.05) is 13.2 Å². The van der Waals surface area contributed by atoms with Crippen molar-refractivity contribution in [2.24, 2.45) is 0 Å². The molecule has 0 aromatic heterocycles. The zero-order valence-corrected chi connectivity index (χ0v) is 16.5. The van der Waals surface area contributed by atoms with E-state index in [2.05, 4.69) is 79.7 Å². The van der Waals surface area contributed by atoms with E-state index in [-0.39, 0.29) is 6.61 Å². The van der Waals surface area contributed by atoms with Gasteiger partial charge in [0.1, 0.15) is 12.4 Å². The van der Waals surface area contributed by atoms with Crippen molar-refractivity contribution in [3.05, 3.63) is 102 Å². The van der Waals surface area contributed by atoms with Crippen LogP contribution in [-0.2, 0) is 0 Å². The van der Waals surface area contributed by atoms with Crippen LogP contribution in [0, 0.1) is 0 Å². The smallest absolute Gasteiger partial charge is 0.120 e. The molecule has 0 spiro atoms. The number of ether oxygens (including phenoxy) is 1. The zero-order chi connectivity index (χ0) is 19.6. The third-order valence-electron chi connectivity index (χ3n) is 4.75. The van der Waals surface area contributed by atoms with Gasteiger partial charge in [0.25, 0.3) is 0 Å². The molecule has 0 fully saturated rings. The van der Waals surface area contributed by atoms with Crippen molar-refractivity contribution in [3.8, 4) is 5.75 Å². The Balaban J connectivity index is 2.18. The summed E-state index contributed by atoms with van der Waals surface area (Å²) in [4.78, 5) is 0. The van der Waals surface area contributed by atoms with E-state index in [4.69, 9.17) is 9.84 Å². The van der Waals surface area contributed by atoms with Crippen molar-refractivity contribution < 1.29 is 9.84 Å². The first-order valence-electron chi connectivity index (χ1n) is 10.0. The second-order valence-electron chi connectivity index (χ2n) is 6.79. The molecule has 0 aliphatic rings. The zero-order valence-electron chi connectivity index (χ0n) is 16.5. The van der Waals surface area contributed by atoms with Gasteiger partial charge in [0, 0.05) is 0 Å². The summed E-state index contributed by atoms with van der Waals surface area (Å²) in [6, 6.07) is 29.4. The van der Waals surface area contributed by atoms with Crippen molar-refractivity contribution in [1.29, 1.82) is 0 Å². The van der Waals surface area contributed by atoms with Gasteiger partial charge in [0.15, 0.2) is 0 Å². The second kappa shape index (κ2) is 10.5. The van der Waals surface area contributed by atoms with Gasteiger partial charge in [-0.05, 0) is 52.8 Å². The van der Waals surface area contributed by atoms with Crippen molar-refractivity contribution in [3.63, 3.8) is 0 Å². The number of hydrogen-bond acceptors (Lipinski definition) is 2. The molecule has 3 aromatic rings. The van der Waals surface area contributed by atoms with Crippen molar-refractivity contribution in [1.82, 2.24) is 0 Å². The first kappa shape index (κ1) is 19.9. The highest BCUT2D eigenvalue weighted by atomic mass is 16.5. The van der Waals surface area contributed by atoms with Crippen LogP contribution in [-0.4, -0.2) is 18.3 Å². The van der Waals surface area contributed by atoms with Gasteiger partial charge in [-0.15, -0.1) is 0 Å². The third-order valence-corrected chi connectivity index (χ3v) is 4.75. The predicted octanol–water partition coefficient (Wildman–Crippen LogP) is 6.21. The average Bonchev–Trinajstić information content (AvgIpc) is 2.76. The number of rotatable bonds is 9. The van der Waals surface area contributed by atoms with Crippen LogP contribution in [0.1, 0.15) is 42.9 Å². The molecule has 28 heavy (non-hydrogen) atoms. The summed E-state index contributed by atoms with van der Waals surface area (Å²) >= 11 is 0. The Labute approximate surface area is 168 Å².